The van der Waals surface area contributed by atoms with Gasteiger partial charge in [0, 0.05) is 29.0 Å². The molecule has 2 heterocycles. The summed E-state index contributed by atoms with van der Waals surface area (Å²) in [5.74, 6) is 1.63. The van der Waals surface area contributed by atoms with Crippen LogP contribution in [0.1, 0.15) is 26.7 Å². The largest absolute Gasteiger partial charge is 0.461 e. The summed E-state index contributed by atoms with van der Waals surface area (Å²) in [4.78, 5) is 17.6. The summed E-state index contributed by atoms with van der Waals surface area (Å²) in [7, 11) is 0. The van der Waals surface area contributed by atoms with Crippen LogP contribution in [0.25, 0.3) is 11.3 Å². The van der Waals surface area contributed by atoms with Crippen molar-refractivity contribution in [2.75, 3.05) is 6.54 Å². The van der Waals surface area contributed by atoms with E-state index < -0.39 is 0 Å². The number of hydrogen-bond donors (Lipinski definition) is 1. The van der Waals surface area contributed by atoms with E-state index in [2.05, 4.69) is 10.3 Å². The topological polar surface area (TPSA) is 55.1 Å². The molecule has 1 amide bonds. The molecule has 0 atom stereocenters. The molecule has 118 valence electrons. The molecular weight excluding hydrogens is 308 g/mol. The second-order valence-electron chi connectivity index (χ2n) is 5.35. The van der Waals surface area contributed by atoms with Gasteiger partial charge in [-0.2, -0.15) is 0 Å². The van der Waals surface area contributed by atoms with Crippen molar-refractivity contribution < 1.29 is 9.21 Å². The number of aryl methyl sites for hydroxylation is 2. The van der Waals surface area contributed by atoms with Gasteiger partial charge >= 0.3 is 0 Å². The number of nitrogens with one attached hydrogen (secondary N) is 1. The van der Waals surface area contributed by atoms with Gasteiger partial charge in [0.1, 0.15) is 11.5 Å². The monoisotopic (exact) mass is 326 g/mol. The molecule has 0 fully saturated rings. The molecule has 0 saturated heterocycles. The predicted molar refractivity (Wildman–Crippen MR) is 91.8 cm³/mol. The smallest absolute Gasteiger partial charge is 0.251 e. The number of rotatable bonds is 5. The average Bonchev–Trinajstić information content (AvgIpc) is 3.16. The standard InChI is InChI=1S/C18H18N2O2S/c1-12-3-8-16(22-12)14-4-6-15(7-5-14)18(21)19-10-9-17-13(2)20-11-23-17/h3-8,11H,9-10H2,1-2H3,(H,19,21). The first-order valence-electron chi connectivity index (χ1n) is 7.47. The third-order valence-corrected chi connectivity index (χ3v) is 4.65. The number of amides is 1. The SMILES string of the molecule is Cc1ccc(-c2ccc(C(=O)NCCc3scnc3C)cc2)o1. The van der Waals surface area contributed by atoms with Gasteiger partial charge in [-0.25, -0.2) is 4.98 Å². The van der Waals surface area contributed by atoms with Crippen molar-refractivity contribution >= 4 is 17.2 Å². The summed E-state index contributed by atoms with van der Waals surface area (Å²) in [5, 5.41) is 2.94. The van der Waals surface area contributed by atoms with E-state index in [1.165, 1.54) is 4.88 Å². The molecule has 3 rings (SSSR count). The Kier molecular flexibility index (Phi) is 4.57. The number of carbonyl (C=O) groups is 1. The molecule has 0 bridgehead atoms. The van der Waals surface area contributed by atoms with Crippen LogP contribution in [0.3, 0.4) is 0 Å². The van der Waals surface area contributed by atoms with Crippen LogP contribution in [-0.2, 0) is 6.42 Å². The Labute approximate surface area is 139 Å². The maximum Gasteiger partial charge on any atom is 0.251 e. The third kappa shape index (κ3) is 3.68. The Morgan fingerprint density at radius 1 is 1.17 bits per heavy atom. The highest BCUT2D eigenvalue weighted by molar-refractivity contribution is 7.09. The number of benzene rings is 1. The van der Waals surface area contributed by atoms with Crippen molar-refractivity contribution in [3.63, 3.8) is 0 Å². The summed E-state index contributed by atoms with van der Waals surface area (Å²) in [6.07, 6.45) is 0.812. The summed E-state index contributed by atoms with van der Waals surface area (Å²) in [5.41, 5.74) is 4.50. The van der Waals surface area contributed by atoms with Crippen LogP contribution in [0.5, 0.6) is 0 Å². The van der Waals surface area contributed by atoms with E-state index in [0.29, 0.717) is 12.1 Å². The molecule has 2 aromatic heterocycles. The van der Waals surface area contributed by atoms with E-state index >= 15 is 0 Å². The number of furan rings is 1. The fourth-order valence-corrected chi connectivity index (χ4v) is 3.11. The summed E-state index contributed by atoms with van der Waals surface area (Å²) in [6, 6.07) is 11.3. The van der Waals surface area contributed by atoms with Crippen LogP contribution in [-0.4, -0.2) is 17.4 Å². The lowest BCUT2D eigenvalue weighted by Gasteiger charge is -2.05. The highest BCUT2D eigenvalue weighted by Gasteiger charge is 2.08. The lowest BCUT2D eigenvalue weighted by Crippen LogP contribution is -2.25. The molecule has 23 heavy (non-hydrogen) atoms. The highest BCUT2D eigenvalue weighted by Crippen LogP contribution is 2.22. The van der Waals surface area contributed by atoms with Crippen LogP contribution in [0.15, 0.2) is 46.3 Å². The van der Waals surface area contributed by atoms with Crippen molar-refractivity contribution in [2.24, 2.45) is 0 Å². The minimum absolute atomic E-state index is 0.0608. The molecule has 0 unspecified atom stereocenters. The first-order chi connectivity index (χ1) is 11.1. The molecule has 1 N–H and O–H groups in total. The minimum Gasteiger partial charge on any atom is -0.461 e. The van der Waals surface area contributed by atoms with Crippen LogP contribution in [0.2, 0.25) is 0 Å². The second kappa shape index (κ2) is 6.79. The Bertz CT molecular complexity index is 803. The van der Waals surface area contributed by atoms with E-state index in [-0.39, 0.29) is 5.91 Å². The lowest BCUT2D eigenvalue weighted by atomic mass is 10.1. The fraction of sp³-hybridized carbons (Fsp3) is 0.222. The van der Waals surface area contributed by atoms with Gasteiger partial charge in [0.05, 0.1) is 11.2 Å². The number of aromatic nitrogens is 1. The molecule has 4 nitrogen and oxygen atoms in total. The molecule has 0 aliphatic rings. The molecule has 0 spiro atoms. The second-order valence-corrected chi connectivity index (χ2v) is 6.29. The zero-order valence-electron chi connectivity index (χ0n) is 13.1. The zero-order valence-corrected chi connectivity index (χ0v) is 13.9. The Morgan fingerprint density at radius 2 is 1.96 bits per heavy atom. The molecule has 0 aliphatic carbocycles. The van der Waals surface area contributed by atoms with Gasteiger partial charge in [-0.05, 0) is 38.1 Å². The highest BCUT2D eigenvalue weighted by atomic mass is 32.1. The maximum atomic E-state index is 12.2. The minimum atomic E-state index is -0.0608. The van der Waals surface area contributed by atoms with Crippen molar-refractivity contribution in [2.45, 2.75) is 20.3 Å². The normalized spacial score (nSPS) is 10.7. The van der Waals surface area contributed by atoms with Crippen LogP contribution in [0.4, 0.5) is 0 Å². The summed E-state index contributed by atoms with van der Waals surface area (Å²) < 4.78 is 5.58. The summed E-state index contributed by atoms with van der Waals surface area (Å²) in [6.45, 7) is 4.51. The molecule has 0 saturated carbocycles. The molecule has 1 aromatic carbocycles. The van der Waals surface area contributed by atoms with E-state index in [1.54, 1.807) is 11.3 Å². The number of carbonyl (C=O) groups excluding carboxylic acids is 1. The number of thiazole rings is 1. The zero-order chi connectivity index (χ0) is 16.2. The number of hydrogen-bond acceptors (Lipinski definition) is 4. The molecule has 3 aromatic rings. The summed E-state index contributed by atoms with van der Waals surface area (Å²) >= 11 is 1.63. The Balaban J connectivity index is 1.58. The van der Waals surface area contributed by atoms with Crippen LogP contribution >= 0.6 is 11.3 Å². The number of nitrogens with zero attached hydrogens (tertiary/aromatic N) is 1. The van der Waals surface area contributed by atoms with Crippen molar-refractivity contribution in [3.8, 4) is 11.3 Å². The van der Waals surface area contributed by atoms with E-state index in [9.17, 15) is 4.79 Å². The fourth-order valence-electron chi connectivity index (χ4n) is 2.33. The van der Waals surface area contributed by atoms with Gasteiger partial charge in [-0.15, -0.1) is 11.3 Å². The van der Waals surface area contributed by atoms with Gasteiger partial charge in [0.2, 0.25) is 0 Å². The molecule has 0 radical (unpaired) electrons. The van der Waals surface area contributed by atoms with Gasteiger partial charge in [-0.1, -0.05) is 12.1 Å². The van der Waals surface area contributed by atoms with E-state index in [1.807, 2.05) is 55.8 Å². The van der Waals surface area contributed by atoms with Gasteiger partial charge in [0.25, 0.3) is 5.91 Å². The van der Waals surface area contributed by atoms with Gasteiger partial charge in [0.15, 0.2) is 0 Å². The van der Waals surface area contributed by atoms with Gasteiger partial charge < -0.3 is 9.73 Å². The van der Waals surface area contributed by atoms with E-state index in [0.717, 1.165) is 29.2 Å². The third-order valence-electron chi connectivity index (χ3n) is 3.65. The van der Waals surface area contributed by atoms with E-state index in [4.69, 9.17) is 4.42 Å². The molecule has 0 aliphatic heterocycles. The molecular formula is C18H18N2O2S. The quantitative estimate of drug-likeness (QED) is 0.771. The van der Waals surface area contributed by atoms with Crippen LogP contribution < -0.4 is 5.32 Å². The Hall–Kier alpha value is -2.40. The molecule has 5 heteroatoms. The van der Waals surface area contributed by atoms with Crippen molar-refractivity contribution in [3.05, 3.63) is 63.8 Å². The van der Waals surface area contributed by atoms with Gasteiger partial charge in [-0.3, -0.25) is 4.79 Å². The lowest BCUT2D eigenvalue weighted by molar-refractivity contribution is 0.0954. The predicted octanol–water partition coefficient (Wildman–Crippen LogP) is 3.99. The Morgan fingerprint density at radius 3 is 2.57 bits per heavy atom. The first kappa shape index (κ1) is 15.5. The first-order valence-corrected chi connectivity index (χ1v) is 8.35. The van der Waals surface area contributed by atoms with Crippen LogP contribution in [0, 0.1) is 13.8 Å². The van der Waals surface area contributed by atoms with Crippen molar-refractivity contribution in [1.29, 1.82) is 0 Å². The maximum absolute atomic E-state index is 12.2. The van der Waals surface area contributed by atoms with Crippen molar-refractivity contribution in [1.82, 2.24) is 10.3 Å². The average molecular weight is 326 g/mol.